The highest BCUT2D eigenvalue weighted by Crippen LogP contribution is 2.35. The Morgan fingerprint density at radius 2 is 2.10 bits per heavy atom. The Labute approximate surface area is 129 Å². The molecule has 0 atom stereocenters. The van der Waals surface area contributed by atoms with Gasteiger partial charge in [0, 0.05) is 27.2 Å². The van der Waals surface area contributed by atoms with Gasteiger partial charge in [-0.3, -0.25) is 4.79 Å². The molecule has 0 unspecified atom stereocenters. The third-order valence-electron chi connectivity index (χ3n) is 3.89. The van der Waals surface area contributed by atoms with Gasteiger partial charge in [-0.15, -0.1) is 11.3 Å². The zero-order valence-corrected chi connectivity index (χ0v) is 13.3. The molecule has 3 rings (SSSR count). The number of amides is 1. The van der Waals surface area contributed by atoms with E-state index in [0.717, 1.165) is 23.4 Å². The molecule has 0 N–H and O–H groups in total. The molecule has 2 heterocycles. The van der Waals surface area contributed by atoms with Crippen LogP contribution in [0.5, 0.6) is 0 Å². The summed E-state index contributed by atoms with van der Waals surface area (Å²) in [5.41, 5.74) is 2.48. The quantitative estimate of drug-likeness (QED) is 0.867. The van der Waals surface area contributed by atoms with Gasteiger partial charge in [-0.25, -0.2) is 0 Å². The fourth-order valence-electron chi connectivity index (χ4n) is 2.75. The molecule has 0 spiro atoms. The van der Waals surface area contributed by atoms with Crippen molar-refractivity contribution in [3.05, 3.63) is 52.4 Å². The first kappa shape index (κ1) is 14.1. The lowest BCUT2D eigenvalue weighted by atomic mass is 10.1. The molecule has 0 aliphatic carbocycles. The molecule has 0 saturated heterocycles. The minimum Gasteiger partial charge on any atom is -0.366 e. The van der Waals surface area contributed by atoms with E-state index in [2.05, 4.69) is 30.1 Å². The maximum absolute atomic E-state index is 12.6. The van der Waals surface area contributed by atoms with Crippen molar-refractivity contribution in [2.45, 2.75) is 19.4 Å². The molecule has 1 aromatic carbocycles. The lowest BCUT2D eigenvalue weighted by Crippen LogP contribution is -2.25. The monoisotopic (exact) mass is 300 g/mol. The number of rotatable bonds is 3. The van der Waals surface area contributed by atoms with Gasteiger partial charge in [-0.05, 0) is 30.0 Å². The van der Waals surface area contributed by atoms with Crippen molar-refractivity contribution in [1.29, 1.82) is 0 Å². The van der Waals surface area contributed by atoms with Crippen molar-refractivity contribution >= 4 is 22.2 Å². The van der Waals surface area contributed by atoms with Gasteiger partial charge >= 0.3 is 0 Å². The zero-order valence-electron chi connectivity index (χ0n) is 12.5. The largest absolute Gasteiger partial charge is 0.366 e. The van der Waals surface area contributed by atoms with Gasteiger partial charge in [-0.2, -0.15) is 0 Å². The van der Waals surface area contributed by atoms with Crippen molar-refractivity contribution in [2.24, 2.45) is 0 Å². The van der Waals surface area contributed by atoms with E-state index in [9.17, 15) is 4.79 Å². The van der Waals surface area contributed by atoms with Gasteiger partial charge in [-0.1, -0.05) is 30.3 Å². The molecular weight excluding hydrogens is 280 g/mol. The molecule has 2 aromatic rings. The number of aryl methyl sites for hydroxylation is 1. The first-order valence-corrected chi connectivity index (χ1v) is 8.10. The number of carbonyl (C=O) groups is 1. The Kier molecular flexibility index (Phi) is 3.97. The van der Waals surface area contributed by atoms with E-state index < -0.39 is 0 Å². The van der Waals surface area contributed by atoms with Crippen LogP contribution in [0.15, 0.2) is 36.4 Å². The molecule has 21 heavy (non-hydrogen) atoms. The second kappa shape index (κ2) is 5.90. The van der Waals surface area contributed by atoms with E-state index >= 15 is 0 Å². The molecular formula is C17H20N2OS. The number of hydrogen-bond acceptors (Lipinski definition) is 3. The Morgan fingerprint density at radius 1 is 1.33 bits per heavy atom. The molecule has 1 aliphatic rings. The van der Waals surface area contributed by atoms with E-state index in [1.807, 2.05) is 25.2 Å². The summed E-state index contributed by atoms with van der Waals surface area (Å²) in [6.07, 6.45) is 2.26. The summed E-state index contributed by atoms with van der Waals surface area (Å²) in [5, 5.41) is 1.26. The Hall–Kier alpha value is -1.81. The average Bonchev–Trinajstić information content (AvgIpc) is 2.93. The number of anilines is 1. The van der Waals surface area contributed by atoms with Crippen LogP contribution in [-0.4, -0.2) is 31.4 Å². The molecule has 0 fully saturated rings. The fraction of sp³-hybridized carbons (Fsp3) is 0.353. The first-order chi connectivity index (χ1) is 10.1. The Bertz CT molecular complexity index is 635. The van der Waals surface area contributed by atoms with Crippen molar-refractivity contribution in [1.82, 2.24) is 4.90 Å². The molecule has 0 bridgehead atoms. The number of nitrogens with zero attached hydrogens (tertiary/aromatic N) is 2. The van der Waals surface area contributed by atoms with Crippen LogP contribution in [0.25, 0.3) is 0 Å². The van der Waals surface area contributed by atoms with Gasteiger partial charge in [0.25, 0.3) is 5.91 Å². The van der Waals surface area contributed by atoms with Crippen LogP contribution in [0.4, 0.5) is 5.00 Å². The highest BCUT2D eigenvalue weighted by atomic mass is 32.1. The van der Waals surface area contributed by atoms with Crippen LogP contribution < -0.4 is 4.90 Å². The smallest absolute Gasteiger partial charge is 0.264 e. The summed E-state index contributed by atoms with van der Waals surface area (Å²) in [7, 11) is 3.98. The van der Waals surface area contributed by atoms with Gasteiger partial charge in [0.1, 0.15) is 0 Å². The average molecular weight is 300 g/mol. The predicted octanol–water partition coefficient (Wildman–Crippen LogP) is 3.40. The zero-order chi connectivity index (χ0) is 14.8. The van der Waals surface area contributed by atoms with Gasteiger partial charge in [0.05, 0.1) is 9.88 Å². The minimum atomic E-state index is 0.117. The number of hydrogen-bond donors (Lipinski definition) is 0. The molecule has 1 aromatic heterocycles. The molecule has 4 heteroatoms. The van der Waals surface area contributed by atoms with E-state index in [4.69, 9.17) is 0 Å². The second-order valence-corrected chi connectivity index (χ2v) is 6.64. The number of fused-ring (bicyclic) bond motifs is 1. The predicted molar refractivity (Wildman–Crippen MR) is 88.1 cm³/mol. The van der Waals surface area contributed by atoms with Crippen LogP contribution in [0.2, 0.25) is 0 Å². The van der Waals surface area contributed by atoms with Crippen LogP contribution in [0.3, 0.4) is 0 Å². The third-order valence-corrected chi connectivity index (χ3v) is 5.17. The summed E-state index contributed by atoms with van der Waals surface area (Å²) in [6, 6.07) is 12.2. The highest BCUT2D eigenvalue weighted by molar-refractivity contribution is 7.18. The van der Waals surface area contributed by atoms with Gasteiger partial charge in [0.2, 0.25) is 0 Å². The van der Waals surface area contributed by atoms with Crippen LogP contribution in [-0.2, 0) is 13.0 Å². The second-order valence-electron chi connectivity index (χ2n) is 5.61. The van der Waals surface area contributed by atoms with Crippen molar-refractivity contribution < 1.29 is 4.79 Å². The molecule has 1 amide bonds. The molecule has 110 valence electrons. The number of benzene rings is 1. The Balaban J connectivity index is 1.76. The molecule has 0 saturated carbocycles. The van der Waals surface area contributed by atoms with E-state index in [1.165, 1.54) is 17.0 Å². The lowest BCUT2D eigenvalue weighted by molar-refractivity contribution is 0.0790. The summed E-state index contributed by atoms with van der Waals surface area (Å²) in [6.45, 7) is 1.74. The topological polar surface area (TPSA) is 23.6 Å². The van der Waals surface area contributed by atoms with Crippen molar-refractivity contribution in [2.75, 3.05) is 25.5 Å². The van der Waals surface area contributed by atoms with Crippen LogP contribution >= 0.6 is 11.3 Å². The highest BCUT2D eigenvalue weighted by Gasteiger charge is 2.22. The Morgan fingerprint density at radius 3 is 2.81 bits per heavy atom. The van der Waals surface area contributed by atoms with E-state index in [1.54, 1.807) is 16.2 Å². The lowest BCUT2D eigenvalue weighted by Gasteiger charge is -2.23. The summed E-state index contributed by atoms with van der Waals surface area (Å²) >= 11 is 1.63. The van der Waals surface area contributed by atoms with E-state index in [-0.39, 0.29) is 5.91 Å². The van der Waals surface area contributed by atoms with Crippen molar-refractivity contribution in [3.63, 3.8) is 0 Å². The van der Waals surface area contributed by atoms with Crippen LogP contribution in [0.1, 0.15) is 27.2 Å². The summed E-state index contributed by atoms with van der Waals surface area (Å²) in [5.74, 6) is 0.117. The fourth-order valence-corrected chi connectivity index (χ4v) is 3.94. The first-order valence-electron chi connectivity index (χ1n) is 7.28. The van der Waals surface area contributed by atoms with Gasteiger partial charge < -0.3 is 9.80 Å². The maximum Gasteiger partial charge on any atom is 0.264 e. The molecule has 3 nitrogen and oxygen atoms in total. The molecule has 1 aliphatic heterocycles. The van der Waals surface area contributed by atoms with E-state index in [0.29, 0.717) is 6.54 Å². The summed E-state index contributed by atoms with van der Waals surface area (Å²) < 4.78 is 0. The standard InChI is InChI=1S/C17H20N2OS/c1-18-10-6-9-14-11-15(21-17(14)18)16(20)19(2)12-13-7-4-3-5-8-13/h3-5,7-8,11H,6,9-10,12H2,1-2H3. The number of thiophene rings is 1. The summed E-state index contributed by atoms with van der Waals surface area (Å²) in [4.78, 5) is 17.5. The minimum absolute atomic E-state index is 0.117. The SMILES string of the molecule is CN(Cc1ccccc1)C(=O)c1cc2c(s1)N(C)CCC2. The third kappa shape index (κ3) is 2.95. The normalized spacial score (nSPS) is 13.9. The van der Waals surface area contributed by atoms with Gasteiger partial charge in [0.15, 0.2) is 0 Å². The number of carbonyl (C=O) groups excluding carboxylic acids is 1. The van der Waals surface area contributed by atoms with Crippen molar-refractivity contribution in [3.8, 4) is 0 Å². The maximum atomic E-state index is 12.6. The molecule has 0 radical (unpaired) electrons. The van der Waals surface area contributed by atoms with Crippen LogP contribution in [0, 0.1) is 0 Å².